The van der Waals surface area contributed by atoms with Gasteiger partial charge in [-0.1, -0.05) is 6.92 Å². The van der Waals surface area contributed by atoms with Gasteiger partial charge in [-0.15, -0.1) is 12.1 Å². The van der Waals surface area contributed by atoms with Gasteiger partial charge >= 0.3 is 0 Å². The molecule has 0 aliphatic carbocycles. The van der Waals surface area contributed by atoms with Gasteiger partial charge < -0.3 is 4.74 Å². The van der Waals surface area contributed by atoms with E-state index in [0.717, 1.165) is 11.3 Å². The topological polar surface area (TPSA) is 9.23 Å². The first-order valence-corrected chi connectivity index (χ1v) is 2.85. The van der Waals surface area contributed by atoms with Crippen molar-refractivity contribution in [1.82, 2.24) is 0 Å². The van der Waals surface area contributed by atoms with Crippen molar-refractivity contribution in [2.45, 2.75) is 6.92 Å². The van der Waals surface area contributed by atoms with E-state index in [4.69, 9.17) is 4.74 Å². The van der Waals surface area contributed by atoms with Crippen LogP contribution in [0.2, 0.25) is 0 Å². The second-order valence-electron chi connectivity index (χ2n) is 1.91. The number of rotatable bonds is 1. The molecule has 0 N–H and O–H groups in total. The molecular weight excluding hydrogens is 201 g/mol. The fourth-order valence-corrected chi connectivity index (χ4v) is 0.685. The Labute approximate surface area is 86.7 Å². The number of hydrogen-bond donors (Lipinski definition) is 0. The Morgan fingerprint density at radius 3 is 2.60 bits per heavy atom. The smallest absolute Gasteiger partial charge is 0.0743 e. The second-order valence-corrected chi connectivity index (χ2v) is 1.91. The van der Waals surface area contributed by atoms with Crippen LogP contribution >= 0.6 is 0 Å². The molecule has 1 nitrogen and oxygen atoms in total. The molecule has 1 aromatic rings. The van der Waals surface area contributed by atoms with E-state index >= 15 is 0 Å². The number of hydrogen-bond acceptors (Lipinski definition) is 1. The van der Waals surface area contributed by atoms with Crippen LogP contribution < -0.4 is 4.74 Å². The van der Waals surface area contributed by atoms with Crippen molar-refractivity contribution in [3.8, 4) is 5.75 Å². The average molecular weight is 210 g/mol. The first kappa shape index (κ1) is 10.1. The van der Waals surface area contributed by atoms with E-state index in [1.54, 1.807) is 7.11 Å². The minimum absolute atomic E-state index is 0. The maximum absolute atomic E-state index is 4.97. The molecule has 1 rings (SSSR count). The van der Waals surface area contributed by atoms with E-state index in [1.165, 1.54) is 0 Å². The largest absolute Gasteiger partial charge is 0.522 e. The Morgan fingerprint density at radius 1 is 1.50 bits per heavy atom. The van der Waals surface area contributed by atoms with E-state index in [2.05, 4.69) is 6.07 Å². The maximum Gasteiger partial charge on any atom is 0.0743 e. The minimum atomic E-state index is 0. The summed E-state index contributed by atoms with van der Waals surface area (Å²) in [5.41, 5.74) is 1.11. The van der Waals surface area contributed by atoms with E-state index in [9.17, 15) is 0 Å². The molecule has 51 valence electrons. The monoisotopic (exact) mass is 210 g/mol. The summed E-state index contributed by atoms with van der Waals surface area (Å²) in [6, 6.07) is 8.71. The SMILES string of the molecule is COc1cc[c-]c(C)c1.[Y]. The van der Waals surface area contributed by atoms with Crippen molar-refractivity contribution in [2.75, 3.05) is 7.11 Å². The first-order chi connectivity index (χ1) is 4.33. The summed E-state index contributed by atoms with van der Waals surface area (Å²) in [6.45, 7) is 1.99. The Balaban J connectivity index is 0.000000810. The number of aryl methyl sites for hydroxylation is 1. The normalized spacial score (nSPS) is 8.20. The number of ether oxygens (including phenoxy) is 1. The van der Waals surface area contributed by atoms with Crippen molar-refractivity contribution < 1.29 is 37.4 Å². The van der Waals surface area contributed by atoms with Crippen LogP contribution in [0.25, 0.3) is 0 Å². The summed E-state index contributed by atoms with van der Waals surface area (Å²) in [6.07, 6.45) is 0. The van der Waals surface area contributed by atoms with Crippen LogP contribution in [-0.2, 0) is 32.7 Å². The molecule has 0 unspecified atom stereocenters. The number of benzene rings is 1. The predicted molar refractivity (Wildman–Crippen MR) is 36.6 cm³/mol. The predicted octanol–water partition coefficient (Wildman–Crippen LogP) is 1.80. The van der Waals surface area contributed by atoms with E-state index in [-0.39, 0.29) is 32.7 Å². The van der Waals surface area contributed by atoms with Gasteiger partial charge in [0.1, 0.15) is 0 Å². The Morgan fingerprint density at radius 2 is 2.20 bits per heavy atom. The summed E-state index contributed by atoms with van der Waals surface area (Å²) in [5, 5.41) is 0. The van der Waals surface area contributed by atoms with Gasteiger partial charge in [-0.2, -0.15) is 17.7 Å². The molecule has 1 radical (unpaired) electrons. The molecule has 1 aromatic carbocycles. The second kappa shape index (κ2) is 4.87. The van der Waals surface area contributed by atoms with Gasteiger partial charge in [0, 0.05) is 38.5 Å². The summed E-state index contributed by atoms with van der Waals surface area (Å²) >= 11 is 0. The van der Waals surface area contributed by atoms with Crippen LogP contribution in [0.15, 0.2) is 18.2 Å². The molecule has 0 spiro atoms. The van der Waals surface area contributed by atoms with Gasteiger partial charge in [-0.05, 0) is 0 Å². The zero-order chi connectivity index (χ0) is 6.69. The van der Waals surface area contributed by atoms with Crippen LogP contribution in [0, 0.1) is 13.0 Å². The third-order valence-corrected chi connectivity index (χ3v) is 1.15. The van der Waals surface area contributed by atoms with Gasteiger partial charge in [-0.25, -0.2) is 0 Å². The van der Waals surface area contributed by atoms with Gasteiger partial charge in [0.2, 0.25) is 0 Å². The van der Waals surface area contributed by atoms with Crippen molar-refractivity contribution in [2.24, 2.45) is 0 Å². The molecule has 0 atom stereocenters. The Kier molecular flexibility index (Phi) is 4.93. The van der Waals surface area contributed by atoms with Crippen LogP contribution in [0.4, 0.5) is 0 Å². The van der Waals surface area contributed by atoms with E-state index in [0.29, 0.717) is 0 Å². The van der Waals surface area contributed by atoms with Crippen molar-refractivity contribution in [3.05, 3.63) is 29.8 Å². The van der Waals surface area contributed by atoms with Crippen LogP contribution in [-0.4, -0.2) is 7.11 Å². The molecule has 0 aromatic heterocycles. The van der Waals surface area contributed by atoms with Gasteiger partial charge in [-0.3, -0.25) is 0 Å². The molecule has 0 fully saturated rings. The third-order valence-electron chi connectivity index (χ3n) is 1.15. The maximum atomic E-state index is 4.97. The molecular formula is C8H9OY-. The summed E-state index contributed by atoms with van der Waals surface area (Å²) in [4.78, 5) is 0. The van der Waals surface area contributed by atoms with Crippen molar-refractivity contribution >= 4 is 0 Å². The van der Waals surface area contributed by atoms with Crippen LogP contribution in [0.3, 0.4) is 0 Å². The Bertz CT molecular complexity index is 198. The molecule has 0 saturated carbocycles. The molecule has 0 aliphatic heterocycles. The standard InChI is InChI=1S/C8H9O.Y/c1-7-4-3-5-8(6-7)9-2;/h3,5-6H,1-2H3;/q-1;. The molecule has 0 heterocycles. The quantitative estimate of drug-likeness (QED) is 0.642. The fraction of sp³-hybridized carbons (Fsp3) is 0.250. The molecule has 0 amide bonds. The third kappa shape index (κ3) is 2.80. The Hall–Kier alpha value is 0.124. The molecule has 0 aliphatic rings. The first-order valence-electron chi connectivity index (χ1n) is 2.85. The van der Waals surface area contributed by atoms with Crippen LogP contribution in [0.5, 0.6) is 5.75 Å². The number of methoxy groups -OCH3 is 1. The van der Waals surface area contributed by atoms with Crippen molar-refractivity contribution in [1.29, 1.82) is 0 Å². The summed E-state index contributed by atoms with van der Waals surface area (Å²) in [5.74, 6) is 0.895. The fourth-order valence-electron chi connectivity index (χ4n) is 0.685. The van der Waals surface area contributed by atoms with Gasteiger partial charge in [0.25, 0.3) is 0 Å². The minimum Gasteiger partial charge on any atom is -0.522 e. The van der Waals surface area contributed by atoms with Gasteiger partial charge in [0.15, 0.2) is 0 Å². The molecule has 0 bridgehead atoms. The van der Waals surface area contributed by atoms with Crippen LogP contribution in [0.1, 0.15) is 5.56 Å². The van der Waals surface area contributed by atoms with Gasteiger partial charge in [0.05, 0.1) is 7.11 Å². The zero-order valence-electron chi connectivity index (χ0n) is 6.22. The summed E-state index contributed by atoms with van der Waals surface area (Å²) in [7, 11) is 1.66. The average Bonchev–Trinajstić information content (AvgIpc) is 1.88. The molecule has 0 saturated heterocycles. The summed E-state index contributed by atoms with van der Waals surface area (Å²) < 4.78 is 4.97. The van der Waals surface area contributed by atoms with E-state index in [1.807, 2.05) is 25.1 Å². The molecule has 2 heteroatoms. The van der Waals surface area contributed by atoms with E-state index < -0.39 is 0 Å². The zero-order valence-corrected chi connectivity index (χ0v) is 9.06. The molecule has 10 heavy (non-hydrogen) atoms. The van der Waals surface area contributed by atoms with Crippen molar-refractivity contribution in [3.63, 3.8) is 0 Å².